The molecule has 0 aliphatic carbocycles. The lowest BCUT2D eigenvalue weighted by Gasteiger charge is -2.42. The quantitative estimate of drug-likeness (QED) is 0.173. The number of furan rings is 2. The summed E-state index contributed by atoms with van der Waals surface area (Å²) < 4.78 is 15.2. The van der Waals surface area contributed by atoms with Gasteiger partial charge in [0.25, 0.3) is 0 Å². The van der Waals surface area contributed by atoms with Crippen molar-refractivity contribution in [1.82, 2.24) is 4.57 Å². The average Bonchev–Trinajstić information content (AvgIpc) is 4.06. The summed E-state index contributed by atoms with van der Waals surface area (Å²) in [5, 5.41) is 7.02. The summed E-state index contributed by atoms with van der Waals surface area (Å²) in [5.74, 6) is 0. The van der Waals surface area contributed by atoms with Crippen LogP contribution < -0.4 is 4.90 Å². The van der Waals surface area contributed by atoms with Crippen LogP contribution in [0.25, 0.3) is 105 Å². The summed E-state index contributed by atoms with van der Waals surface area (Å²) in [6, 6.07) is 79.0. The van der Waals surface area contributed by atoms with E-state index in [4.69, 9.17) is 8.83 Å². The van der Waals surface area contributed by atoms with Crippen LogP contribution in [-0.2, 0) is 5.41 Å². The second kappa shape index (κ2) is 14.2. The van der Waals surface area contributed by atoms with Gasteiger partial charge in [-0.15, -0.1) is 0 Å². The van der Waals surface area contributed by atoms with Crippen LogP contribution in [0.4, 0.5) is 17.1 Å². The first-order valence-corrected chi connectivity index (χ1v) is 23.1. The minimum Gasteiger partial charge on any atom is -0.455 e. The molecule has 0 N–H and O–H groups in total. The molecule has 0 spiro atoms. The number of anilines is 3. The molecule has 4 heterocycles. The zero-order chi connectivity index (χ0) is 44.4. The molecule has 0 unspecified atom stereocenters. The van der Waals surface area contributed by atoms with Gasteiger partial charge in [-0.3, -0.25) is 0 Å². The van der Waals surface area contributed by atoms with Gasteiger partial charge >= 0.3 is 0 Å². The normalized spacial score (nSPS) is 13.3. The Morgan fingerprint density at radius 2 is 0.836 bits per heavy atom. The fraction of sp³-hybridized carbons (Fsp3) is 0.0476. The van der Waals surface area contributed by atoms with E-state index in [0.717, 1.165) is 77.5 Å². The molecule has 14 rings (SSSR count). The first kappa shape index (κ1) is 37.7. The standard InChI is InChI=1S/C63H42N2O2/c1-63(2)53-20-6-8-22-57(53)65(44-33-27-40(28-34-44)46-17-12-19-51-49-15-5-10-24-60(49)67-62(46)51)58-36-30-42(38-54(58)63)41-29-35-56-52(37-41)47-13-3-7-21-55(47)64(56)43-31-25-39(26-32-43)45-16-11-18-50-48-14-4-9-23-59(48)66-61(45)50/h3-38H,1-2H3. The van der Waals surface area contributed by atoms with Gasteiger partial charge in [0, 0.05) is 60.2 Å². The van der Waals surface area contributed by atoms with Crippen LogP contribution in [0, 0.1) is 0 Å². The monoisotopic (exact) mass is 858 g/mol. The fourth-order valence-electron chi connectivity index (χ4n) is 11.1. The van der Waals surface area contributed by atoms with Crippen LogP contribution in [0.15, 0.2) is 227 Å². The number of benzene rings is 10. The molecule has 0 radical (unpaired) electrons. The van der Waals surface area contributed by atoms with E-state index in [1.54, 1.807) is 0 Å². The van der Waals surface area contributed by atoms with E-state index in [-0.39, 0.29) is 5.41 Å². The van der Waals surface area contributed by atoms with E-state index < -0.39 is 0 Å². The van der Waals surface area contributed by atoms with Crippen molar-refractivity contribution >= 4 is 82.7 Å². The van der Waals surface area contributed by atoms with Crippen molar-refractivity contribution in [3.05, 3.63) is 230 Å². The molecule has 0 saturated carbocycles. The number of aromatic nitrogens is 1. The van der Waals surface area contributed by atoms with Crippen LogP contribution in [-0.4, -0.2) is 4.57 Å². The van der Waals surface area contributed by atoms with Crippen molar-refractivity contribution in [2.75, 3.05) is 4.90 Å². The number of para-hydroxylation sites is 6. The lowest BCUT2D eigenvalue weighted by molar-refractivity contribution is 0.632. The van der Waals surface area contributed by atoms with Crippen molar-refractivity contribution < 1.29 is 8.83 Å². The zero-order valence-electron chi connectivity index (χ0n) is 37.0. The summed E-state index contributed by atoms with van der Waals surface area (Å²) in [5.41, 5.74) is 19.8. The average molecular weight is 859 g/mol. The maximum Gasteiger partial charge on any atom is 0.143 e. The zero-order valence-corrected chi connectivity index (χ0v) is 37.0. The molecule has 0 amide bonds. The Hall–Kier alpha value is -8.60. The molecule has 67 heavy (non-hydrogen) atoms. The Kier molecular flexibility index (Phi) is 8.00. The molecule has 1 aliphatic rings. The van der Waals surface area contributed by atoms with Gasteiger partial charge in [0.15, 0.2) is 0 Å². The third-order valence-electron chi connectivity index (χ3n) is 14.4. The van der Waals surface area contributed by atoms with E-state index in [0.29, 0.717) is 0 Å². The molecular weight excluding hydrogens is 817 g/mol. The van der Waals surface area contributed by atoms with Crippen molar-refractivity contribution in [2.24, 2.45) is 0 Å². The van der Waals surface area contributed by atoms with E-state index in [1.165, 1.54) is 55.4 Å². The number of fused-ring (bicyclic) bond motifs is 11. The topological polar surface area (TPSA) is 34.5 Å². The van der Waals surface area contributed by atoms with Gasteiger partial charge in [-0.25, -0.2) is 0 Å². The fourth-order valence-corrected chi connectivity index (χ4v) is 11.1. The summed E-state index contributed by atoms with van der Waals surface area (Å²) in [4.78, 5) is 2.43. The van der Waals surface area contributed by atoms with Gasteiger partial charge in [0.1, 0.15) is 22.3 Å². The van der Waals surface area contributed by atoms with Crippen molar-refractivity contribution in [3.63, 3.8) is 0 Å². The van der Waals surface area contributed by atoms with Crippen molar-refractivity contribution in [1.29, 1.82) is 0 Å². The predicted molar refractivity (Wildman–Crippen MR) is 278 cm³/mol. The molecule has 3 aromatic heterocycles. The van der Waals surface area contributed by atoms with Gasteiger partial charge in [0.05, 0.1) is 22.4 Å². The molecule has 4 nitrogen and oxygen atoms in total. The molecule has 1 aliphatic heterocycles. The lowest BCUT2D eigenvalue weighted by atomic mass is 9.73. The molecule has 0 saturated heterocycles. The Balaban J connectivity index is 0.843. The molecule has 0 fully saturated rings. The molecule has 0 atom stereocenters. The molecule has 10 aromatic carbocycles. The first-order chi connectivity index (χ1) is 33.0. The first-order valence-electron chi connectivity index (χ1n) is 23.1. The third-order valence-corrected chi connectivity index (χ3v) is 14.4. The highest BCUT2D eigenvalue weighted by atomic mass is 16.3. The van der Waals surface area contributed by atoms with Crippen molar-refractivity contribution in [3.8, 4) is 39.1 Å². The highest BCUT2D eigenvalue weighted by molar-refractivity contribution is 6.12. The minimum absolute atomic E-state index is 0.239. The van der Waals surface area contributed by atoms with Crippen LogP contribution in [0.5, 0.6) is 0 Å². The van der Waals surface area contributed by atoms with Gasteiger partial charge in [-0.05, 0) is 106 Å². The molecule has 316 valence electrons. The van der Waals surface area contributed by atoms with Crippen LogP contribution >= 0.6 is 0 Å². The molecule has 0 bridgehead atoms. The second-order valence-corrected chi connectivity index (χ2v) is 18.4. The SMILES string of the molecule is CC1(C)c2ccccc2N(c2ccc(-c3cccc4c3oc3ccccc34)cc2)c2ccc(-c3ccc4c(c3)c3ccccc3n4-c3ccc(-c4cccc5c4oc4ccccc45)cc3)cc21. The van der Waals surface area contributed by atoms with E-state index in [9.17, 15) is 0 Å². The Morgan fingerprint density at radius 3 is 1.51 bits per heavy atom. The van der Waals surface area contributed by atoms with Crippen molar-refractivity contribution in [2.45, 2.75) is 19.3 Å². The van der Waals surface area contributed by atoms with Crippen LogP contribution in [0.2, 0.25) is 0 Å². The van der Waals surface area contributed by atoms with Gasteiger partial charge in [-0.1, -0.05) is 159 Å². The maximum atomic E-state index is 6.44. The molecule has 4 heteroatoms. The number of rotatable bonds is 5. The van der Waals surface area contributed by atoms with Gasteiger partial charge in [-0.2, -0.15) is 0 Å². The smallest absolute Gasteiger partial charge is 0.143 e. The summed E-state index contributed by atoms with van der Waals surface area (Å²) in [7, 11) is 0. The van der Waals surface area contributed by atoms with Crippen LogP contribution in [0.1, 0.15) is 25.0 Å². The highest BCUT2D eigenvalue weighted by Crippen LogP contribution is 2.53. The molecule has 13 aromatic rings. The van der Waals surface area contributed by atoms with E-state index >= 15 is 0 Å². The Morgan fingerprint density at radius 1 is 0.343 bits per heavy atom. The summed E-state index contributed by atoms with van der Waals surface area (Å²) >= 11 is 0. The number of nitrogens with zero attached hydrogens (tertiary/aromatic N) is 2. The minimum atomic E-state index is -0.239. The highest BCUT2D eigenvalue weighted by Gasteiger charge is 2.37. The largest absolute Gasteiger partial charge is 0.455 e. The van der Waals surface area contributed by atoms with Gasteiger partial charge in [0.2, 0.25) is 0 Å². The lowest BCUT2D eigenvalue weighted by Crippen LogP contribution is -2.30. The third kappa shape index (κ3) is 5.60. The summed E-state index contributed by atoms with van der Waals surface area (Å²) in [6.07, 6.45) is 0. The predicted octanol–water partition coefficient (Wildman–Crippen LogP) is 17.7. The summed E-state index contributed by atoms with van der Waals surface area (Å²) in [6.45, 7) is 4.73. The Labute approximate surface area is 387 Å². The maximum absolute atomic E-state index is 6.44. The van der Waals surface area contributed by atoms with E-state index in [2.05, 4.69) is 217 Å². The van der Waals surface area contributed by atoms with E-state index in [1.807, 2.05) is 24.3 Å². The number of hydrogen-bond donors (Lipinski definition) is 0. The number of hydrogen-bond acceptors (Lipinski definition) is 3. The van der Waals surface area contributed by atoms with Gasteiger partial charge < -0.3 is 18.3 Å². The second-order valence-electron chi connectivity index (χ2n) is 18.4. The Bertz CT molecular complexity index is 4130. The van der Waals surface area contributed by atoms with Crippen LogP contribution in [0.3, 0.4) is 0 Å². The molecular formula is C63H42N2O2.